The van der Waals surface area contributed by atoms with Crippen molar-refractivity contribution in [3.8, 4) is 0 Å². The van der Waals surface area contributed by atoms with Crippen molar-refractivity contribution >= 4 is 23.9 Å². The summed E-state index contributed by atoms with van der Waals surface area (Å²) in [5, 5.41) is 7.39. The van der Waals surface area contributed by atoms with Crippen molar-refractivity contribution in [2.45, 2.75) is 84.6 Å². The lowest BCUT2D eigenvalue weighted by atomic mass is 9.96. The molecule has 1 amide bonds. The van der Waals surface area contributed by atoms with E-state index in [1.165, 1.54) is 24.8 Å². The van der Waals surface area contributed by atoms with Gasteiger partial charge in [-0.3, -0.25) is 5.43 Å². The predicted octanol–water partition coefficient (Wildman–Crippen LogP) is 5.85. The Bertz CT molecular complexity index is 968. The fourth-order valence-electron chi connectivity index (χ4n) is 4.47. The molecule has 8 heteroatoms. The zero-order valence-electron chi connectivity index (χ0n) is 22.1. The third kappa shape index (κ3) is 9.47. The number of hydrazone groups is 1. The van der Waals surface area contributed by atoms with Gasteiger partial charge in [-0.05, 0) is 44.6 Å². The molecular formula is C28H42N6O2. The number of ether oxygens (including phenoxy) is 1. The van der Waals surface area contributed by atoms with Gasteiger partial charge in [-0.2, -0.15) is 5.10 Å². The van der Waals surface area contributed by atoms with Gasteiger partial charge < -0.3 is 15.0 Å². The third-order valence-electron chi connectivity index (χ3n) is 6.21. The maximum Gasteiger partial charge on any atom is 0.407 e. The van der Waals surface area contributed by atoms with E-state index in [0.717, 1.165) is 50.2 Å². The van der Waals surface area contributed by atoms with Crippen LogP contribution in [0.4, 0.5) is 16.4 Å². The van der Waals surface area contributed by atoms with E-state index < -0.39 is 0 Å². The van der Waals surface area contributed by atoms with Crippen LogP contribution in [0, 0.1) is 6.92 Å². The van der Waals surface area contributed by atoms with Crippen LogP contribution in [0.2, 0.25) is 0 Å². The quantitative estimate of drug-likeness (QED) is 0.206. The van der Waals surface area contributed by atoms with Crippen molar-refractivity contribution in [3.05, 3.63) is 47.3 Å². The normalized spacial score (nSPS) is 14.1. The summed E-state index contributed by atoms with van der Waals surface area (Å²) in [5.74, 6) is 2.27. The highest BCUT2D eigenvalue weighted by atomic mass is 16.5. The predicted molar refractivity (Wildman–Crippen MR) is 147 cm³/mol. The number of nitrogens with zero attached hydrogens (tertiary/aromatic N) is 4. The van der Waals surface area contributed by atoms with E-state index >= 15 is 0 Å². The number of anilines is 2. The van der Waals surface area contributed by atoms with Gasteiger partial charge in [0.25, 0.3) is 0 Å². The summed E-state index contributed by atoms with van der Waals surface area (Å²) in [6.45, 7) is 8.61. The topological polar surface area (TPSA) is 91.7 Å². The lowest BCUT2D eigenvalue weighted by Gasteiger charge is -2.23. The minimum Gasteiger partial charge on any atom is -0.450 e. The number of aromatic nitrogens is 2. The zero-order valence-corrected chi connectivity index (χ0v) is 22.1. The molecular weight excluding hydrogens is 452 g/mol. The molecule has 0 unspecified atom stereocenters. The highest BCUT2D eigenvalue weighted by molar-refractivity contribution is 5.80. The number of rotatable bonds is 13. The summed E-state index contributed by atoms with van der Waals surface area (Å²) in [5.41, 5.74) is 5.30. The Morgan fingerprint density at radius 3 is 2.64 bits per heavy atom. The van der Waals surface area contributed by atoms with Crippen LogP contribution >= 0.6 is 0 Å². The second kappa shape index (κ2) is 15.1. The lowest BCUT2D eigenvalue weighted by molar-refractivity contribution is 0.138. The maximum absolute atomic E-state index is 12.1. The molecule has 196 valence electrons. The number of alkyl carbamates (subject to hydrolysis) is 1. The second-order valence-corrected chi connectivity index (χ2v) is 9.52. The first-order valence-electron chi connectivity index (χ1n) is 13.5. The molecule has 1 aromatic carbocycles. The van der Waals surface area contributed by atoms with E-state index in [4.69, 9.17) is 9.72 Å². The van der Waals surface area contributed by atoms with Crippen molar-refractivity contribution in [1.29, 1.82) is 0 Å². The summed E-state index contributed by atoms with van der Waals surface area (Å²) in [6.07, 6.45) is 10.5. The van der Waals surface area contributed by atoms with Crippen LogP contribution in [-0.4, -0.2) is 48.0 Å². The smallest absolute Gasteiger partial charge is 0.407 e. The standard InChI is InChI=1S/C28H42N6O2/c1-4-16-34(17-5-2)27-20-26(33-29-21-23-12-9-11-22(3)19-23)31-25(32-27)15-10-18-36-28(35)30-24-13-7-6-8-14-24/h9,11-12,19-21,24H,4-8,10,13-18H2,1-3H3,(H,30,35)(H,31,32,33)/b29-21+. The average molecular weight is 495 g/mol. The molecule has 0 bridgehead atoms. The molecule has 0 saturated heterocycles. The molecule has 1 saturated carbocycles. The molecule has 0 aliphatic heterocycles. The first-order chi connectivity index (χ1) is 17.6. The minimum atomic E-state index is -0.318. The van der Waals surface area contributed by atoms with Crippen LogP contribution in [0.25, 0.3) is 0 Å². The molecule has 8 nitrogen and oxygen atoms in total. The Labute approximate surface area is 215 Å². The Hall–Kier alpha value is -3.16. The van der Waals surface area contributed by atoms with Crippen LogP contribution in [-0.2, 0) is 11.2 Å². The molecule has 1 aromatic heterocycles. The summed E-state index contributed by atoms with van der Waals surface area (Å²) < 4.78 is 5.42. The molecule has 1 fully saturated rings. The molecule has 0 spiro atoms. The maximum atomic E-state index is 12.1. The Morgan fingerprint density at radius 2 is 1.92 bits per heavy atom. The summed E-state index contributed by atoms with van der Waals surface area (Å²) >= 11 is 0. The van der Waals surface area contributed by atoms with E-state index in [1.54, 1.807) is 6.21 Å². The average Bonchev–Trinajstić information content (AvgIpc) is 2.87. The molecule has 3 rings (SSSR count). The van der Waals surface area contributed by atoms with Crippen LogP contribution in [0.15, 0.2) is 35.4 Å². The number of hydrogen-bond acceptors (Lipinski definition) is 7. The Balaban J connectivity index is 1.61. The number of carbonyl (C=O) groups is 1. The first-order valence-corrected chi connectivity index (χ1v) is 13.5. The molecule has 0 atom stereocenters. The van der Waals surface area contributed by atoms with E-state index in [1.807, 2.05) is 18.2 Å². The number of hydrogen-bond donors (Lipinski definition) is 2. The molecule has 1 heterocycles. The van der Waals surface area contributed by atoms with E-state index in [9.17, 15) is 4.79 Å². The number of aryl methyl sites for hydroxylation is 2. The highest BCUT2D eigenvalue weighted by Crippen LogP contribution is 2.19. The van der Waals surface area contributed by atoms with Crippen LogP contribution in [0.3, 0.4) is 0 Å². The zero-order chi connectivity index (χ0) is 25.6. The molecule has 1 aliphatic rings. The minimum absolute atomic E-state index is 0.253. The van der Waals surface area contributed by atoms with Gasteiger partial charge >= 0.3 is 6.09 Å². The van der Waals surface area contributed by atoms with Gasteiger partial charge in [-0.25, -0.2) is 14.8 Å². The summed E-state index contributed by atoms with van der Waals surface area (Å²) in [7, 11) is 0. The number of benzene rings is 1. The van der Waals surface area contributed by atoms with E-state index in [0.29, 0.717) is 31.1 Å². The van der Waals surface area contributed by atoms with Gasteiger partial charge in [0.05, 0.1) is 12.8 Å². The monoisotopic (exact) mass is 494 g/mol. The molecule has 0 radical (unpaired) electrons. The molecule has 2 N–H and O–H groups in total. The Morgan fingerprint density at radius 1 is 1.14 bits per heavy atom. The Kier molecular flexibility index (Phi) is 11.5. The van der Waals surface area contributed by atoms with Gasteiger partial charge in [-0.1, -0.05) is 62.9 Å². The van der Waals surface area contributed by atoms with Crippen molar-refractivity contribution in [2.24, 2.45) is 5.10 Å². The van der Waals surface area contributed by atoms with Crippen molar-refractivity contribution in [1.82, 2.24) is 15.3 Å². The fourth-order valence-corrected chi connectivity index (χ4v) is 4.47. The SMILES string of the molecule is CCCN(CCC)c1cc(N/N=C/c2cccc(C)c2)nc(CCCOC(=O)NC2CCCCC2)n1. The van der Waals surface area contributed by atoms with Gasteiger partial charge in [0, 0.05) is 31.6 Å². The van der Waals surface area contributed by atoms with Crippen LogP contribution in [0.1, 0.15) is 82.2 Å². The lowest BCUT2D eigenvalue weighted by Crippen LogP contribution is -2.36. The molecule has 2 aromatic rings. The van der Waals surface area contributed by atoms with Crippen LogP contribution in [0.5, 0.6) is 0 Å². The highest BCUT2D eigenvalue weighted by Gasteiger charge is 2.16. The van der Waals surface area contributed by atoms with Gasteiger partial charge in [0.15, 0.2) is 5.82 Å². The number of amides is 1. The van der Waals surface area contributed by atoms with Crippen molar-refractivity contribution in [3.63, 3.8) is 0 Å². The second-order valence-electron chi connectivity index (χ2n) is 9.52. The van der Waals surface area contributed by atoms with E-state index in [2.05, 4.69) is 58.6 Å². The van der Waals surface area contributed by atoms with Crippen molar-refractivity contribution < 1.29 is 9.53 Å². The molecule has 36 heavy (non-hydrogen) atoms. The number of carbonyl (C=O) groups excluding carboxylic acids is 1. The number of nitrogens with one attached hydrogen (secondary N) is 2. The summed E-state index contributed by atoms with van der Waals surface area (Å²) in [6, 6.07) is 10.4. The van der Waals surface area contributed by atoms with E-state index in [-0.39, 0.29) is 12.1 Å². The fraction of sp³-hybridized carbons (Fsp3) is 0.571. The van der Waals surface area contributed by atoms with Crippen molar-refractivity contribution in [2.75, 3.05) is 30.0 Å². The van der Waals surface area contributed by atoms with Gasteiger partial charge in [0.2, 0.25) is 0 Å². The first kappa shape index (κ1) is 27.4. The molecule has 1 aliphatic carbocycles. The van der Waals surface area contributed by atoms with Crippen LogP contribution < -0.4 is 15.6 Å². The summed E-state index contributed by atoms with van der Waals surface area (Å²) in [4.78, 5) is 23.9. The largest absolute Gasteiger partial charge is 0.450 e. The van der Waals surface area contributed by atoms with Gasteiger partial charge in [-0.15, -0.1) is 0 Å². The van der Waals surface area contributed by atoms with Gasteiger partial charge in [0.1, 0.15) is 11.6 Å². The third-order valence-corrected chi connectivity index (χ3v) is 6.21.